The Hall–Kier alpha value is -3.40. The number of benzene rings is 2. The molecule has 9 heteroatoms. The monoisotopic (exact) mass is 508 g/mol. The van der Waals surface area contributed by atoms with Crippen molar-refractivity contribution in [3.05, 3.63) is 77.5 Å². The molecule has 1 aromatic heterocycles. The minimum atomic E-state index is -0.236. The molecule has 4 rings (SSSR count). The summed E-state index contributed by atoms with van der Waals surface area (Å²) in [6, 6.07) is 16.1. The maximum Gasteiger partial charge on any atom is 0.273 e. The van der Waals surface area contributed by atoms with Gasteiger partial charge in [-0.15, -0.1) is 0 Å². The number of hydrogen-bond acceptors (Lipinski definition) is 8. The summed E-state index contributed by atoms with van der Waals surface area (Å²) in [5.41, 5.74) is 2.43. The lowest BCUT2D eigenvalue weighted by atomic mass is 10.1. The minimum absolute atomic E-state index is 0.0507. The van der Waals surface area contributed by atoms with Crippen LogP contribution in [0.25, 0.3) is 0 Å². The van der Waals surface area contributed by atoms with Gasteiger partial charge in [-0.05, 0) is 30.7 Å². The molecule has 1 amide bonds. The number of aromatic nitrogens is 1. The van der Waals surface area contributed by atoms with Gasteiger partial charge in [-0.1, -0.05) is 30.3 Å². The first-order valence-corrected chi connectivity index (χ1v) is 12.6. The lowest BCUT2D eigenvalue weighted by molar-refractivity contribution is 0.0383. The van der Waals surface area contributed by atoms with Crippen molar-refractivity contribution in [3.63, 3.8) is 0 Å². The first-order chi connectivity index (χ1) is 18.1. The van der Waals surface area contributed by atoms with E-state index in [-0.39, 0.29) is 17.6 Å². The Balaban J connectivity index is 1.46. The number of morpholine rings is 1. The highest BCUT2D eigenvalue weighted by atomic mass is 16.5. The number of nitrogens with zero attached hydrogens (tertiary/aromatic N) is 3. The predicted molar refractivity (Wildman–Crippen MR) is 140 cm³/mol. The van der Waals surface area contributed by atoms with Gasteiger partial charge in [0.1, 0.15) is 17.8 Å². The molecule has 0 aliphatic carbocycles. The van der Waals surface area contributed by atoms with E-state index >= 15 is 0 Å². The number of nitrogens with one attached hydrogen (secondary N) is 1. The van der Waals surface area contributed by atoms with Crippen LogP contribution < -0.4 is 14.8 Å². The average molecular weight is 509 g/mol. The Kier molecular flexibility index (Phi) is 9.53. The smallest absolute Gasteiger partial charge is 0.273 e. The lowest BCUT2D eigenvalue weighted by Crippen LogP contribution is -2.41. The zero-order valence-corrected chi connectivity index (χ0v) is 21.8. The van der Waals surface area contributed by atoms with E-state index in [2.05, 4.69) is 39.2 Å². The predicted octanol–water partition coefficient (Wildman–Crippen LogP) is 3.52. The van der Waals surface area contributed by atoms with Gasteiger partial charge in [-0.25, -0.2) is 4.98 Å². The normalized spacial score (nSPS) is 14.9. The topological polar surface area (TPSA) is 89.3 Å². The zero-order valence-electron chi connectivity index (χ0n) is 21.8. The Morgan fingerprint density at radius 1 is 1.11 bits per heavy atom. The third-order valence-corrected chi connectivity index (χ3v) is 6.63. The van der Waals surface area contributed by atoms with Crippen LogP contribution in [0, 0.1) is 0 Å². The van der Waals surface area contributed by atoms with Crippen molar-refractivity contribution in [2.24, 2.45) is 0 Å². The number of carbonyl (C=O) groups is 1. The number of oxazole rings is 1. The summed E-state index contributed by atoms with van der Waals surface area (Å²) < 4.78 is 22.2. The van der Waals surface area contributed by atoms with Crippen LogP contribution >= 0.6 is 0 Å². The summed E-state index contributed by atoms with van der Waals surface area (Å²) in [6.07, 6.45) is 1.43. The Morgan fingerprint density at radius 2 is 1.89 bits per heavy atom. The molecule has 2 aromatic carbocycles. The molecule has 3 aromatic rings. The molecule has 1 unspecified atom stereocenters. The van der Waals surface area contributed by atoms with E-state index in [1.54, 1.807) is 14.2 Å². The van der Waals surface area contributed by atoms with Gasteiger partial charge >= 0.3 is 0 Å². The molecule has 1 fully saturated rings. The van der Waals surface area contributed by atoms with Crippen molar-refractivity contribution < 1.29 is 23.4 Å². The second kappa shape index (κ2) is 13.2. The van der Waals surface area contributed by atoms with Crippen LogP contribution in [0.3, 0.4) is 0 Å². The highest BCUT2D eigenvalue weighted by Gasteiger charge is 2.22. The van der Waals surface area contributed by atoms with E-state index in [4.69, 9.17) is 18.6 Å². The van der Waals surface area contributed by atoms with Gasteiger partial charge in [0.2, 0.25) is 5.89 Å². The van der Waals surface area contributed by atoms with Crippen molar-refractivity contribution in [1.82, 2.24) is 20.1 Å². The minimum Gasteiger partial charge on any atom is -0.497 e. The molecular formula is C28H36N4O5. The number of amides is 1. The van der Waals surface area contributed by atoms with Crippen LogP contribution in [0.4, 0.5) is 0 Å². The van der Waals surface area contributed by atoms with E-state index < -0.39 is 0 Å². The van der Waals surface area contributed by atoms with E-state index in [9.17, 15) is 4.79 Å². The molecule has 1 saturated heterocycles. The summed E-state index contributed by atoms with van der Waals surface area (Å²) in [5.74, 6) is 1.78. The molecule has 1 aliphatic rings. The molecule has 9 nitrogen and oxygen atoms in total. The van der Waals surface area contributed by atoms with Gasteiger partial charge in [0, 0.05) is 44.3 Å². The van der Waals surface area contributed by atoms with Crippen molar-refractivity contribution >= 4 is 5.91 Å². The summed E-state index contributed by atoms with van der Waals surface area (Å²) in [5, 5.41) is 2.94. The van der Waals surface area contributed by atoms with Crippen LogP contribution in [-0.4, -0.2) is 74.3 Å². The van der Waals surface area contributed by atoms with E-state index in [1.807, 2.05) is 36.4 Å². The fourth-order valence-electron chi connectivity index (χ4n) is 4.40. The van der Waals surface area contributed by atoms with Gasteiger partial charge in [0.05, 0.1) is 34.0 Å². The third-order valence-electron chi connectivity index (χ3n) is 6.63. The van der Waals surface area contributed by atoms with Crippen LogP contribution in [0.5, 0.6) is 11.5 Å². The Labute approximate surface area is 218 Å². The van der Waals surface area contributed by atoms with Crippen LogP contribution in [-0.2, 0) is 17.8 Å². The largest absolute Gasteiger partial charge is 0.497 e. The van der Waals surface area contributed by atoms with Gasteiger partial charge in [0.25, 0.3) is 5.91 Å². The first kappa shape index (κ1) is 26.7. The summed E-state index contributed by atoms with van der Waals surface area (Å²) in [6.45, 7) is 7.70. The van der Waals surface area contributed by atoms with Gasteiger partial charge in [-0.3, -0.25) is 14.6 Å². The molecule has 198 valence electrons. The number of methoxy groups -OCH3 is 2. The standard InChI is InChI=1S/C28H36N4O5/c1-21(22-7-5-4-6-8-22)32(18-23-17-24(34-2)9-10-26(23)35-3)19-27-30-25(20-37-27)28(33)29-11-12-31-13-15-36-16-14-31/h4-10,17,20-21H,11-16,18-19H2,1-3H3,(H,29,33). The highest BCUT2D eigenvalue weighted by molar-refractivity contribution is 5.91. The molecule has 0 bridgehead atoms. The summed E-state index contributed by atoms with van der Waals surface area (Å²) >= 11 is 0. The number of hydrogen-bond donors (Lipinski definition) is 1. The summed E-state index contributed by atoms with van der Waals surface area (Å²) in [4.78, 5) is 21.7. The molecule has 37 heavy (non-hydrogen) atoms. The molecule has 1 atom stereocenters. The fourth-order valence-corrected chi connectivity index (χ4v) is 4.40. The molecule has 0 radical (unpaired) electrons. The van der Waals surface area contributed by atoms with Crippen molar-refractivity contribution in [3.8, 4) is 11.5 Å². The van der Waals surface area contributed by atoms with Crippen molar-refractivity contribution in [2.45, 2.75) is 26.1 Å². The maximum absolute atomic E-state index is 12.7. The van der Waals surface area contributed by atoms with Gasteiger partial charge < -0.3 is 23.9 Å². The van der Waals surface area contributed by atoms with Gasteiger partial charge in [-0.2, -0.15) is 0 Å². The zero-order chi connectivity index (χ0) is 26.0. The molecule has 0 saturated carbocycles. The average Bonchev–Trinajstić information content (AvgIpc) is 3.42. The van der Waals surface area contributed by atoms with E-state index in [1.165, 1.54) is 6.26 Å². The first-order valence-electron chi connectivity index (χ1n) is 12.6. The van der Waals surface area contributed by atoms with Gasteiger partial charge in [0.15, 0.2) is 5.69 Å². The van der Waals surface area contributed by atoms with Crippen LogP contribution in [0.1, 0.15) is 40.5 Å². The summed E-state index contributed by atoms with van der Waals surface area (Å²) in [7, 11) is 3.31. The van der Waals surface area contributed by atoms with Crippen molar-refractivity contribution in [2.75, 3.05) is 53.6 Å². The SMILES string of the molecule is COc1ccc(OC)c(CN(Cc2nc(C(=O)NCCN3CCOCC3)co2)C(C)c2ccccc2)c1. The van der Waals surface area contributed by atoms with Crippen molar-refractivity contribution in [1.29, 1.82) is 0 Å². The van der Waals surface area contributed by atoms with E-state index in [0.29, 0.717) is 25.5 Å². The molecule has 1 aliphatic heterocycles. The third kappa shape index (κ3) is 7.31. The molecule has 2 heterocycles. The Bertz CT molecular complexity index is 1130. The number of rotatable bonds is 12. The molecule has 0 spiro atoms. The highest BCUT2D eigenvalue weighted by Crippen LogP contribution is 2.30. The molecular weight excluding hydrogens is 472 g/mol. The fraction of sp³-hybridized carbons (Fsp3) is 0.429. The van der Waals surface area contributed by atoms with E-state index in [0.717, 1.165) is 55.5 Å². The maximum atomic E-state index is 12.7. The van der Waals surface area contributed by atoms with Crippen LogP contribution in [0.15, 0.2) is 59.2 Å². The number of ether oxygens (including phenoxy) is 3. The molecule has 1 N–H and O–H groups in total. The van der Waals surface area contributed by atoms with Crippen LogP contribution in [0.2, 0.25) is 0 Å². The lowest BCUT2D eigenvalue weighted by Gasteiger charge is -2.29. The second-order valence-electron chi connectivity index (χ2n) is 9.01. The second-order valence-corrected chi connectivity index (χ2v) is 9.01. The number of carbonyl (C=O) groups excluding carboxylic acids is 1. The Morgan fingerprint density at radius 3 is 2.62 bits per heavy atom. The quantitative estimate of drug-likeness (QED) is 0.398.